The van der Waals surface area contributed by atoms with Crippen LogP contribution in [0.4, 0.5) is 4.39 Å². The molecule has 106 valence electrons. The molecule has 0 saturated heterocycles. The molecule has 2 aromatic rings. The number of hydrogen-bond donors (Lipinski definition) is 1. The molecule has 0 atom stereocenters. The van der Waals surface area contributed by atoms with Crippen molar-refractivity contribution in [2.45, 2.75) is 0 Å². The molecule has 5 nitrogen and oxygen atoms in total. The van der Waals surface area contributed by atoms with Gasteiger partial charge in [0.1, 0.15) is 5.82 Å². The zero-order chi connectivity index (χ0) is 14.7. The van der Waals surface area contributed by atoms with Crippen molar-refractivity contribution in [3.63, 3.8) is 0 Å². The maximum absolute atomic E-state index is 13.4. The molecular weight excluding hydrogens is 275 g/mol. The summed E-state index contributed by atoms with van der Waals surface area (Å²) >= 11 is 0. The third-order valence-electron chi connectivity index (χ3n) is 2.89. The molecular formula is C15H11FN2O3. The highest BCUT2D eigenvalue weighted by Crippen LogP contribution is 2.31. The number of amides is 1. The minimum Gasteiger partial charge on any atom is -0.454 e. The Balaban J connectivity index is 1.67. The van der Waals surface area contributed by atoms with E-state index in [4.69, 9.17) is 9.47 Å². The van der Waals surface area contributed by atoms with Gasteiger partial charge in [-0.3, -0.25) is 4.79 Å². The van der Waals surface area contributed by atoms with Gasteiger partial charge in [0.25, 0.3) is 5.91 Å². The molecule has 6 heteroatoms. The number of hydrogen-bond acceptors (Lipinski definition) is 4. The van der Waals surface area contributed by atoms with Crippen LogP contribution in [0, 0.1) is 5.82 Å². The number of carbonyl (C=O) groups excluding carboxylic acids is 1. The maximum Gasteiger partial charge on any atom is 0.274 e. The molecule has 1 heterocycles. The first kappa shape index (κ1) is 13.1. The van der Waals surface area contributed by atoms with Gasteiger partial charge in [-0.2, -0.15) is 5.10 Å². The van der Waals surface area contributed by atoms with Crippen LogP contribution in [-0.2, 0) is 0 Å². The number of carbonyl (C=O) groups is 1. The molecule has 0 saturated carbocycles. The van der Waals surface area contributed by atoms with Crippen LogP contribution in [0.15, 0.2) is 47.6 Å². The minimum atomic E-state index is -0.606. The highest BCUT2D eigenvalue weighted by Gasteiger charge is 2.12. The van der Waals surface area contributed by atoms with E-state index >= 15 is 0 Å². The van der Waals surface area contributed by atoms with Gasteiger partial charge in [0.05, 0.1) is 11.8 Å². The van der Waals surface area contributed by atoms with Gasteiger partial charge in [-0.15, -0.1) is 0 Å². The van der Waals surface area contributed by atoms with E-state index in [1.165, 1.54) is 24.4 Å². The van der Waals surface area contributed by atoms with Crippen molar-refractivity contribution in [3.05, 3.63) is 59.4 Å². The molecule has 0 aliphatic carbocycles. The van der Waals surface area contributed by atoms with Crippen LogP contribution in [0.1, 0.15) is 15.9 Å². The molecule has 0 spiro atoms. The topological polar surface area (TPSA) is 59.9 Å². The fraction of sp³-hybridized carbons (Fsp3) is 0.0667. The highest BCUT2D eigenvalue weighted by molar-refractivity contribution is 5.95. The van der Waals surface area contributed by atoms with E-state index in [1.807, 2.05) is 0 Å². The first-order valence-corrected chi connectivity index (χ1v) is 6.21. The molecule has 1 N–H and O–H groups in total. The first-order chi connectivity index (χ1) is 10.2. The maximum atomic E-state index is 13.4. The molecule has 0 radical (unpaired) electrons. The van der Waals surface area contributed by atoms with Gasteiger partial charge < -0.3 is 9.47 Å². The van der Waals surface area contributed by atoms with Crippen molar-refractivity contribution in [3.8, 4) is 11.5 Å². The van der Waals surface area contributed by atoms with Crippen molar-refractivity contribution < 1.29 is 18.7 Å². The average Bonchev–Trinajstić information content (AvgIpc) is 2.95. The molecule has 1 aliphatic rings. The van der Waals surface area contributed by atoms with E-state index in [0.29, 0.717) is 11.5 Å². The van der Waals surface area contributed by atoms with Crippen molar-refractivity contribution in [1.29, 1.82) is 0 Å². The van der Waals surface area contributed by atoms with Crippen molar-refractivity contribution in [1.82, 2.24) is 5.43 Å². The van der Waals surface area contributed by atoms with Crippen LogP contribution in [0.3, 0.4) is 0 Å². The Bertz CT molecular complexity index is 716. The molecule has 1 amide bonds. The average molecular weight is 286 g/mol. The third-order valence-corrected chi connectivity index (χ3v) is 2.89. The van der Waals surface area contributed by atoms with E-state index in [9.17, 15) is 9.18 Å². The standard InChI is InChI=1S/C15H11FN2O3/c16-12-4-2-1-3-11(12)15(19)18-17-8-10-5-6-13-14(7-10)21-9-20-13/h1-8H,9H2,(H,18,19)/b17-8-. The number of benzene rings is 2. The second-order valence-corrected chi connectivity index (χ2v) is 4.29. The predicted octanol–water partition coefficient (Wildman–Crippen LogP) is 2.32. The number of ether oxygens (including phenoxy) is 2. The van der Waals surface area contributed by atoms with E-state index in [1.54, 1.807) is 24.3 Å². The van der Waals surface area contributed by atoms with Gasteiger partial charge in [0, 0.05) is 0 Å². The number of halogens is 1. The number of hydrazone groups is 1. The molecule has 0 fully saturated rings. The van der Waals surface area contributed by atoms with Gasteiger partial charge in [-0.05, 0) is 35.9 Å². The number of nitrogens with zero attached hydrogens (tertiary/aromatic N) is 1. The minimum absolute atomic E-state index is 0.0552. The Morgan fingerprint density at radius 1 is 1.19 bits per heavy atom. The lowest BCUT2D eigenvalue weighted by Gasteiger charge is -2.01. The summed E-state index contributed by atoms with van der Waals surface area (Å²) in [5, 5.41) is 3.80. The summed E-state index contributed by atoms with van der Waals surface area (Å²) in [7, 11) is 0. The number of nitrogens with one attached hydrogen (secondary N) is 1. The Morgan fingerprint density at radius 3 is 2.86 bits per heavy atom. The Hall–Kier alpha value is -2.89. The van der Waals surface area contributed by atoms with Crippen LogP contribution >= 0.6 is 0 Å². The summed E-state index contributed by atoms with van der Waals surface area (Å²) < 4.78 is 23.8. The molecule has 0 unspecified atom stereocenters. The fourth-order valence-electron chi connectivity index (χ4n) is 1.86. The first-order valence-electron chi connectivity index (χ1n) is 6.21. The van der Waals surface area contributed by atoms with Crippen LogP contribution in [0.25, 0.3) is 0 Å². The van der Waals surface area contributed by atoms with Gasteiger partial charge in [0.2, 0.25) is 6.79 Å². The van der Waals surface area contributed by atoms with Gasteiger partial charge >= 0.3 is 0 Å². The Labute approximate surface area is 120 Å². The van der Waals surface area contributed by atoms with Crippen molar-refractivity contribution >= 4 is 12.1 Å². The monoisotopic (exact) mass is 286 g/mol. The fourth-order valence-corrected chi connectivity index (χ4v) is 1.86. The van der Waals surface area contributed by atoms with E-state index < -0.39 is 11.7 Å². The van der Waals surface area contributed by atoms with Crippen LogP contribution < -0.4 is 14.9 Å². The number of rotatable bonds is 3. The summed E-state index contributed by atoms with van der Waals surface area (Å²) in [6.07, 6.45) is 1.45. The lowest BCUT2D eigenvalue weighted by atomic mass is 10.2. The van der Waals surface area contributed by atoms with E-state index in [-0.39, 0.29) is 12.4 Å². The van der Waals surface area contributed by atoms with Crippen molar-refractivity contribution in [2.75, 3.05) is 6.79 Å². The smallest absolute Gasteiger partial charge is 0.274 e. The number of fused-ring (bicyclic) bond motifs is 1. The zero-order valence-electron chi connectivity index (χ0n) is 10.9. The molecule has 3 rings (SSSR count). The van der Waals surface area contributed by atoms with Gasteiger partial charge in [0.15, 0.2) is 11.5 Å². The summed E-state index contributed by atoms with van der Waals surface area (Å²) in [4.78, 5) is 11.7. The lowest BCUT2D eigenvalue weighted by Crippen LogP contribution is -2.18. The molecule has 0 bridgehead atoms. The summed E-state index contributed by atoms with van der Waals surface area (Å²) in [6, 6.07) is 11.0. The molecule has 21 heavy (non-hydrogen) atoms. The molecule has 1 aliphatic heterocycles. The summed E-state index contributed by atoms with van der Waals surface area (Å²) in [5.74, 6) is 0.0975. The second kappa shape index (κ2) is 5.62. The van der Waals surface area contributed by atoms with Gasteiger partial charge in [-0.25, -0.2) is 9.82 Å². The predicted molar refractivity (Wildman–Crippen MR) is 74.0 cm³/mol. The van der Waals surface area contributed by atoms with Crippen LogP contribution in [-0.4, -0.2) is 18.9 Å². The van der Waals surface area contributed by atoms with E-state index in [2.05, 4.69) is 10.5 Å². The van der Waals surface area contributed by atoms with E-state index in [0.717, 1.165) is 5.56 Å². The highest BCUT2D eigenvalue weighted by atomic mass is 19.1. The third kappa shape index (κ3) is 2.84. The lowest BCUT2D eigenvalue weighted by molar-refractivity contribution is 0.0951. The quantitative estimate of drug-likeness (QED) is 0.696. The Kier molecular flexibility index (Phi) is 3.51. The van der Waals surface area contributed by atoms with Gasteiger partial charge in [-0.1, -0.05) is 12.1 Å². The largest absolute Gasteiger partial charge is 0.454 e. The van der Waals surface area contributed by atoms with Crippen molar-refractivity contribution in [2.24, 2.45) is 5.10 Å². The molecule has 2 aromatic carbocycles. The second-order valence-electron chi connectivity index (χ2n) is 4.29. The SMILES string of the molecule is O=C(N/N=C\c1ccc2c(c1)OCO2)c1ccccc1F. The molecule has 0 aromatic heterocycles. The zero-order valence-corrected chi connectivity index (χ0v) is 10.9. The normalized spacial score (nSPS) is 12.6. The summed E-state index contributed by atoms with van der Waals surface area (Å²) in [5.41, 5.74) is 2.95. The Morgan fingerprint density at radius 2 is 2.00 bits per heavy atom. The summed E-state index contributed by atoms with van der Waals surface area (Å²) in [6.45, 7) is 0.194. The van der Waals surface area contributed by atoms with Crippen LogP contribution in [0.2, 0.25) is 0 Å². The van der Waals surface area contributed by atoms with Crippen LogP contribution in [0.5, 0.6) is 11.5 Å².